The molecular weight excluding hydrogens is 466 g/mol. The minimum Gasteiger partial charge on any atom is -0.434 e. The highest BCUT2D eigenvalue weighted by atomic mass is 19.3. The van der Waals surface area contributed by atoms with Gasteiger partial charge in [-0.25, -0.2) is 4.98 Å². The molecule has 0 radical (unpaired) electrons. The van der Waals surface area contributed by atoms with Gasteiger partial charge in [-0.1, -0.05) is 6.92 Å². The zero-order valence-electron chi connectivity index (χ0n) is 20.4. The van der Waals surface area contributed by atoms with Gasteiger partial charge in [-0.2, -0.15) is 8.78 Å². The summed E-state index contributed by atoms with van der Waals surface area (Å²) in [4.78, 5) is 24.4. The van der Waals surface area contributed by atoms with Crippen LogP contribution in [0, 0.1) is 5.92 Å². The quantitative estimate of drug-likeness (QED) is 0.368. The van der Waals surface area contributed by atoms with Crippen LogP contribution in [0.2, 0.25) is 0 Å². The Morgan fingerprint density at radius 1 is 1.17 bits per heavy atom. The summed E-state index contributed by atoms with van der Waals surface area (Å²) >= 11 is 0. The van der Waals surface area contributed by atoms with Crippen molar-refractivity contribution in [3.05, 3.63) is 36.5 Å². The van der Waals surface area contributed by atoms with Crippen molar-refractivity contribution in [3.8, 4) is 17.0 Å². The second-order valence-electron chi connectivity index (χ2n) is 9.23. The van der Waals surface area contributed by atoms with Gasteiger partial charge in [0.25, 0.3) is 0 Å². The highest BCUT2D eigenvalue weighted by molar-refractivity contribution is 5.94. The number of nitrogens with one attached hydrogen (secondary N) is 3. The van der Waals surface area contributed by atoms with Gasteiger partial charge in [-0.15, -0.1) is 0 Å². The maximum Gasteiger partial charge on any atom is 0.387 e. The van der Waals surface area contributed by atoms with Gasteiger partial charge in [0.15, 0.2) is 0 Å². The molecule has 1 amide bonds. The number of anilines is 2. The molecule has 1 saturated heterocycles. The average molecular weight is 499 g/mol. The number of aromatic nitrogens is 2. The Balaban J connectivity index is 1.38. The molecule has 5 rings (SSSR count). The van der Waals surface area contributed by atoms with Crippen molar-refractivity contribution in [1.82, 2.24) is 20.2 Å². The van der Waals surface area contributed by atoms with Crippen LogP contribution in [0.1, 0.15) is 19.8 Å². The lowest BCUT2D eigenvalue weighted by molar-refractivity contribution is -0.132. The van der Waals surface area contributed by atoms with Gasteiger partial charge in [-0.05, 0) is 43.7 Å². The zero-order valence-corrected chi connectivity index (χ0v) is 20.4. The molecule has 1 aromatic carbocycles. The Hall–Kier alpha value is -3.40. The summed E-state index contributed by atoms with van der Waals surface area (Å²) in [6.07, 6.45) is 3.77. The number of aromatic amines is 1. The number of halogens is 2. The SMILES string of the molecule is CCNCCNc1ccc(-c2cc3c(N4CCN(C(=O)C5CC5)CC4)ccnc3[nH]2)c(OC(F)F)c1. The number of rotatable bonds is 10. The van der Waals surface area contributed by atoms with Crippen LogP contribution in [0.3, 0.4) is 0 Å². The van der Waals surface area contributed by atoms with Crippen molar-refractivity contribution in [1.29, 1.82) is 0 Å². The number of piperazine rings is 1. The monoisotopic (exact) mass is 498 g/mol. The molecular formula is C26H32F2N6O2. The summed E-state index contributed by atoms with van der Waals surface area (Å²) in [6.45, 7) is 4.27. The summed E-state index contributed by atoms with van der Waals surface area (Å²) in [5, 5.41) is 7.35. The second-order valence-corrected chi connectivity index (χ2v) is 9.23. The zero-order chi connectivity index (χ0) is 25.1. The van der Waals surface area contributed by atoms with E-state index in [1.807, 2.05) is 30.0 Å². The summed E-state index contributed by atoms with van der Waals surface area (Å²) in [5.74, 6) is 0.610. The van der Waals surface area contributed by atoms with Crippen LogP contribution in [0.25, 0.3) is 22.3 Å². The highest BCUT2D eigenvalue weighted by Gasteiger charge is 2.34. The van der Waals surface area contributed by atoms with Gasteiger partial charge in [0, 0.05) is 79.8 Å². The molecule has 10 heteroatoms. The molecule has 3 N–H and O–H groups in total. The maximum atomic E-state index is 13.2. The van der Waals surface area contributed by atoms with Gasteiger partial charge in [0.2, 0.25) is 5.91 Å². The van der Waals surface area contributed by atoms with Crippen molar-refractivity contribution in [2.45, 2.75) is 26.4 Å². The number of ether oxygens (including phenoxy) is 1. The van der Waals surface area contributed by atoms with Crippen LogP contribution in [0.5, 0.6) is 5.75 Å². The van der Waals surface area contributed by atoms with Gasteiger partial charge in [-0.3, -0.25) is 4.79 Å². The summed E-state index contributed by atoms with van der Waals surface area (Å²) in [7, 11) is 0. The number of hydrogen-bond acceptors (Lipinski definition) is 6. The molecule has 0 unspecified atom stereocenters. The molecule has 2 fully saturated rings. The number of carbonyl (C=O) groups excluding carboxylic acids is 1. The van der Waals surface area contributed by atoms with E-state index in [9.17, 15) is 13.6 Å². The number of carbonyl (C=O) groups is 1. The van der Waals surface area contributed by atoms with E-state index < -0.39 is 6.61 Å². The Labute approximate surface area is 209 Å². The molecule has 36 heavy (non-hydrogen) atoms. The fourth-order valence-electron chi connectivity index (χ4n) is 4.71. The number of amides is 1. The number of pyridine rings is 1. The van der Waals surface area contributed by atoms with E-state index in [0.717, 1.165) is 50.1 Å². The first-order valence-corrected chi connectivity index (χ1v) is 12.6. The van der Waals surface area contributed by atoms with Crippen molar-refractivity contribution in [3.63, 3.8) is 0 Å². The number of H-pyrrole nitrogens is 1. The lowest BCUT2D eigenvalue weighted by Gasteiger charge is -2.36. The third-order valence-electron chi connectivity index (χ3n) is 6.74. The first-order valence-electron chi connectivity index (χ1n) is 12.6. The topological polar surface area (TPSA) is 85.5 Å². The molecule has 1 aliphatic heterocycles. The minimum absolute atomic E-state index is 0.0961. The van der Waals surface area contributed by atoms with Crippen molar-refractivity contribution >= 4 is 28.3 Å². The molecule has 0 atom stereocenters. The Morgan fingerprint density at radius 3 is 2.69 bits per heavy atom. The number of alkyl halides is 2. The Kier molecular flexibility index (Phi) is 7.22. The smallest absolute Gasteiger partial charge is 0.387 e. The van der Waals surface area contributed by atoms with Gasteiger partial charge < -0.3 is 30.2 Å². The molecule has 0 bridgehead atoms. The first kappa shape index (κ1) is 24.3. The van der Waals surface area contributed by atoms with Crippen LogP contribution < -0.4 is 20.3 Å². The Bertz CT molecular complexity index is 1200. The second kappa shape index (κ2) is 10.7. The summed E-state index contributed by atoms with van der Waals surface area (Å²) in [5.41, 5.74) is 3.59. The van der Waals surface area contributed by atoms with E-state index in [0.29, 0.717) is 42.2 Å². The molecule has 1 aliphatic carbocycles. The molecule has 3 aromatic rings. The normalized spacial score (nSPS) is 16.1. The molecule has 3 heterocycles. The average Bonchev–Trinajstić information content (AvgIpc) is 3.64. The number of benzene rings is 1. The fraction of sp³-hybridized carbons (Fsp3) is 0.462. The highest BCUT2D eigenvalue weighted by Crippen LogP contribution is 2.37. The molecule has 192 valence electrons. The van der Waals surface area contributed by atoms with Gasteiger partial charge in [0.1, 0.15) is 11.4 Å². The Morgan fingerprint density at radius 2 is 1.97 bits per heavy atom. The van der Waals surface area contributed by atoms with E-state index in [4.69, 9.17) is 4.74 Å². The van der Waals surface area contributed by atoms with E-state index in [1.165, 1.54) is 0 Å². The van der Waals surface area contributed by atoms with Crippen LogP contribution >= 0.6 is 0 Å². The largest absolute Gasteiger partial charge is 0.434 e. The van der Waals surface area contributed by atoms with Crippen molar-refractivity contribution in [2.75, 3.05) is 56.0 Å². The molecule has 0 spiro atoms. The third kappa shape index (κ3) is 5.38. The van der Waals surface area contributed by atoms with Crippen LogP contribution in [0.15, 0.2) is 36.5 Å². The predicted octanol–water partition coefficient (Wildman–Crippen LogP) is 3.91. The molecule has 8 nitrogen and oxygen atoms in total. The predicted molar refractivity (Wildman–Crippen MR) is 137 cm³/mol. The molecule has 2 aromatic heterocycles. The van der Waals surface area contributed by atoms with Gasteiger partial charge >= 0.3 is 6.61 Å². The van der Waals surface area contributed by atoms with E-state index >= 15 is 0 Å². The fourth-order valence-corrected chi connectivity index (χ4v) is 4.71. The van der Waals surface area contributed by atoms with E-state index in [1.54, 1.807) is 18.3 Å². The number of hydrogen-bond donors (Lipinski definition) is 3. The van der Waals surface area contributed by atoms with Crippen LogP contribution in [-0.2, 0) is 4.79 Å². The first-order chi connectivity index (χ1) is 17.5. The summed E-state index contributed by atoms with van der Waals surface area (Å²) in [6, 6.07) is 9.14. The standard InChI is InChI=1S/C26H32F2N6O2/c1-2-29-9-10-30-18-5-6-19(23(15-18)36-26(27)28)21-16-20-22(7-8-31-24(20)32-21)33-11-13-34(14-12-33)25(35)17-3-4-17/h5-8,15-17,26,29-30H,2-4,9-14H2,1H3,(H,31,32). The van der Waals surface area contributed by atoms with Gasteiger partial charge in [0.05, 0.1) is 5.69 Å². The van der Waals surface area contributed by atoms with Crippen molar-refractivity contribution < 1.29 is 18.3 Å². The maximum absolute atomic E-state index is 13.2. The number of fused-ring (bicyclic) bond motifs is 1. The van der Waals surface area contributed by atoms with Crippen molar-refractivity contribution in [2.24, 2.45) is 5.92 Å². The third-order valence-corrected chi connectivity index (χ3v) is 6.74. The minimum atomic E-state index is -2.94. The van der Waals surface area contributed by atoms with Crippen LogP contribution in [0.4, 0.5) is 20.2 Å². The lowest BCUT2D eigenvalue weighted by Crippen LogP contribution is -2.49. The summed E-state index contributed by atoms with van der Waals surface area (Å²) < 4.78 is 31.4. The van der Waals surface area contributed by atoms with Crippen LogP contribution in [-0.4, -0.2) is 73.2 Å². The number of nitrogens with zero attached hydrogens (tertiary/aromatic N) is 3. The molecule has 2 aliphatic rings. The lowest BCUT2D eigenvalue weighted by atomic mass is 10.1. The molecule has 1 saturated carbocycles. The van der Waals surface area contributed by atoms with E-state index in [2.05, 4.69) is 25.5 Å². The number of likely N-dealkylation sites (N-methyl/N-ethyl adjacent to an activating group) is 1. The van der Waals surface area contributed by atoms with E-state index in [-0.39, 0.29) is 17.6 Å².